The molecule has 2 unspecified atom stereocenters. The minimum Gasteiger partial charge on any atom is -0.459 e. The van der Waals surface area contributed by atoms with Gasteiger partial charge in [0, 0.05) is 29.3 Å². The van der Waals surface area contributed by atoms with Gasteiger partial charge in [0.2, 0.25) is 0 Å². The number of hydrogen-bond acceptors (Lipinski definition) is 4. The van der Waals surface area contributed by atoms with E-state index >= 15 is 0 Å². The summed E-state index contributed by atoms with van der Waals surface area (Å²) in [6, 6.07) is 21.8. The molecule has 2 saturated heterocycles. The van der Waals surface area contributed by atoms with Crippen LogP contribution in [0, 0.1) is 12.8 Å². The summed E-state index contributed by atoms with van der Waals surface area (Å²) in [5, 5.41) is 10.8. The first-order valence-corrected chi connectivity index (χ1v) is 14.8. The first kappa shape index (κ1) is 27.8. The fourth-order valence-electron chi connectivity index (χ4n) is 6.42. The lowest BCUT2D eigenvalue weighted by atomic mass is 9.85. The molecule has 8 nitrogen and oxygen atoms in total. The van der Waals surface area contributed by atoms with Gasteiger partial charge in [0.05, 0.1) is 17.6 Å². The van der Waals surface area contributed by atoms with E-state index in [2.05, 4.69) is 48.4 Å². The molecule has 42 heavy (non-hydrogen) atoms. The van der Waals surface area contributed by atoms with Gasteiger partial charge in [0.25, 0.3) is 5.91 Å². The molecule has 2 N–H and O–H groups in total. The fraction of sp³-hybridized carbons (Fsp3) is 0.382. The monoisotopic (exact) mass is 565 g/mol. The highest BCUT2D eigenvalue weighted by Gasteiger charge is 2.43. The van der Waals surface area contributed by atoms with Crippen LogP contribution in [0.3, 0.4) is 0 Å². The van der Waals surface area contributed by atoms with Gasteiger partial charge in [0.15, 0.2) is 5.76 Å². The maximum absolute atomic E-state index is 13.2. The molecule has 2 bridgehead atoms. The smallest absolute Gasteiger partial charge is 0.324 e. The molecule has 2 fully saturated rings. The molecule has 218 valence electrons. The number of furan rings is 1. The molecule has 0 aliphatic carbocycles. The molecule has 2 aliphatic heterocycles. The molecule has 3 amide bonds. The summed E-state index contributed by atoms with van der Waals surface area (Å²) in [6.45, 7) is 8.37. The average Bonchev–Trinajstić information content (AvgIpc) is 3.68. The molecule has 0 radical (unpaired) electrons. The number of hydrogen-bond donors (Lipinski definition) is 2. The van der Waals surface area contributed by atoms with Crippen LogP contribution in [0.15, 0.2) is 77.4 Å². The summed E-state index contributed by atoms with van der Waals surface area (Å²) < 4.78 is 7.18. The number of piperidine rings is 1. The van der Waals surface area contributed by atoms with E-state index in [1.807, 2.05) is 49.4 Å². The zero-order chi connectivity index (χ0) is 29.4. The van der Waals surface area contributed by atoms with E-state index in [9.17, 15) is 9.59 Å². The highest BCUT2D eigenvalue weighted by molar-refractivity contribution is 5.99. The van der Waals surface area contributed by atoms with Crippen molar-refractivity contribution in [1.29, 1.82) is 0 Å². The number of carbonyl (C=O) groups excluding carboxylic acids is 2. The first-order valence-electron chi connectivity index (χ1n) is 14.8. The molecule has 2 aliphatic rings. The van der Waals surface area contributed by atoms with Crippen molar-refractivity contribution >= 4 is 23.4 Å². The lowest BCUT2D eigenvalue weighted by molar-refractivity contribution is 0.0493. The van der Waals surface area contributed by atoms with Gasteiger partial charge < -0.3 is 14.6 Å². The number of carbonyl (C=O) groups is 2. The van der Waals surface area contributed by atoms with E-state index in [1.54, 1.807) is 23.1 Å². The van der Waals surface area contributed by atoms with Crippen molar-refractivity contribution in [2.45, 2.75) is 77.3 Å². The molecule has 0 saturated carbocycles. The van der Waals surface area contributed by atoms with Crippen LogP contribution in [0.1, 0.15) is 73.8 Å². The quantitative estimate of drug-likeness (QED) is 0.256. The Morgan fingerprint density at radius 3 is 2.36 bits per heavy atom. The predicted molar refractivity (Wildman–Crippen MR) is 164 cm³/mol. The Bertz CT molecular complexity index is 1550. The maximum atomic E-state index is 13.2. The Kier molecular flexibility index (Phi) is 7.39. The van der Waals surface area contributed by atoms with Crippen molar-refractivity contribution in [2.24, 2.45) is 5.92 Å². The molecular weight excluding hydrogens is 526 g/mol. The zero-order valence-corrected chi connectivity index (χ0v) is 24.8. The minimum absolute atomic E-state index is 0.0153. The number of aromatic nitrogens is 2. The second kappa shape index (κ2) is 11.2. The fourth-order valence-corrected chi connectivity index (χ4v) is 6.42. The largest absolute Gasteiger partial charge is 0.459 e. The van der Waals surface area contributed by atoms with E-state index in [1.165, 1.54) is 5.56 Å². The molecule has 4 aromatic rings. The summed E-state index contributed by atoms with van der Waals surface area (Å²) in [4.78, 5) is 28.2. The first-order chi connectivity index (χ1) is 20.1. The second-order valence-electron chi connectivity index (χ2n) is 12.8. The predicted octanol–water partition coefficient (Wildman–Crippen LogP) is 7.34. The van der Waals surface area contributed by atoms with Crippen molar-refractivity contribution in [3.8, 4) is 5.69 Å². The Hall–Kier alpha value is -4.33. The molecule has 0 spiro atoms. The number of rotatable bonds is 6. The van der Waals surface area contributed by atoms with Crippen molar-refractivity contribution in [3.05, 3.63) is 95.6 Å². The summed E-state index contributed by atoms with van der Waals surface area (Å²) in [5.41, 5.74) is 4.71. The van der Waals surface area contributed by atoms with E-state index in [0.29, 0.717) is 17.5 Å². The normalized spacial score (nSPS) is 20.0. The maximum Gasteiger partial charge on any atom is 0.324 e. The highest BCUT2D eigenvalue weighted by atomic mass is 16.3. The van der Waals surface area contributed by atoms with Crippen LogP contribution in [0.2, 0.25) is 0 Å². The van der Waals surface area contributed by atoms with Crippen molar-refractivity contribution in [2.75, 3.05) is 10.6 Å². The van der Waals surface area contributed by atoms with Gasteiger partial charge in [-0.3, -0.25) is 10.1 Å². The van der Waals surface area contributed by atoms with Crippen molar-refractivity contribution in [1.82, 2.24) is 14.7 Å². The molecule has 2 aromatic heterocycles. The van der Waals surface area contributed by atoms with Gasteiger partial charge in [-0.05, 0) is 86.9 Å². The number of benzene rings is 2. The number of amides is 3. The van der Waals surface area contributed by atoms with Crippen LogP contribution in [-0.4, -0.2) is 38.7 Å². The number of aryl methyl sites for hydroxylation is 1. The summed E-state index contributed by atoms with van der Waals surface area (Å²) in [5.74, 6) is 1.55. The van der Waals surface area contributed by atoms with Gasteiger partial charge in [-0.15, -0.1) is 0 Å². The van der Waals surface area contributed by atoms with Crippen LogP contribution >= 0.6 is 0 Å². The van der Waals surface area contributed by atoms with Crippen LogP contribution in [-0.2, 0) is 11.8 Å². The lowest BCUT2D eigenvalue weighted by Gasteiger charge is -2.38. The molecule has 4 heterocycles. The topological polar surface area (TPSA) is 92.4 Å². The molecule has 2 aromatic carbocycles. The lowest BCUT2D eigenvalue weighted by Crippen LogP contribution is -2.46. The van der Waals surface area contributed by atoms with Gasteiger partial charge in [-0.1, -0.05) is 50.6 Å². The Labute approximate surface area is 247 Å². The van der Waals surface area contributed by atoms with E-state index < -0.39 is 0 Å². The number of nitrogens with zero attached hydrogens (tertiary/aromatic N) is 3. The Morgan fingerprint density at radius 1 is 0.952 bits per heavy atom. The van der Waals surface area contributed by atoms with Crippen LogP contribution in [0.5, 0.6) is 0 Å². The second-order valence-corrected chi connectivity index (χ2v) is 12.8. The van der Waals surface area contributed by atoms with Crippen molar-refractivity contribution < 1.29 is 14.0 Å². The van der Waals surface area contributed by atoms with Crippen LogP contribution < -0.4 is 10.6 Å². The van der Waals surface area contributed by atoms with E-state index in [0.717, 1.165) is 54.7 Å². The average molecular weight is 566 g/mol. The third-order valence-corrected chi connectivity index (χ3v) is 8.50. The van der Waals surface area contributed by atoms with E-state index in [4.69, 9.17) is 9.52 Å². The zero-order valence-electron chi connectivity index (χ0n) is 24.8. The SMILES string of the molecule is Cc1ccc(-n2nc(C(C)(C)C)cc2NC(=O)Nc2cccc(CC3CC4CCC(C3)N4C(=O)c3ccco3)c2)cc1. The third kappa shape index (κ3) is 5.84. The van der Waals surface area contributed by atoms with E-state index in [-0.39, 0.29) is 29.4 Å². The number of fused-ring (bicyclic) bond motifs is 2. The minimum atomic E-state index is -0.316. The Morgan fingerprint density at radius 2 is 1.69 bits per heavy atom. The van der Waals surface area contributed by atoms with Gasteiger partial charge >= 0.3 is 6.03 Å². The molecule has 6 rings (SSSR count). The number of anilines is 2. The molecule has 8 heteroatoms. The van der Waals surface area contributed by atoms with Gasteiger partial charge in [-0.2, -0.15) is 5.10 Å². The van der Waals surface area contributed by atoms with Gasteiger partial charge in [-0.25, -0.2) is 9.48 Å². The summed E-state index contributed by atoms with van der Waals surface area (Å²) in [6.07, 6.45) is 6.55. The van der Waals surface area contributed by atoms with Gasteiger partial charge in [0.1, 0.15) is 5.82 Å². The number of urea groups is 1. The summed E-state index contributed by atoms with van der Waals surface area (Å²) >= 11 is 0. The van der Waals surface area contributed by atoms with Crippen LogP contribution in [0.25, 0.3) is 5.69 Å². The summed E-state index contributed by atoms with van der Waals surface area (Å²) in [7, 11) is 0. The van der Waals surface area contributed by atoms with Crippen molar-refractivity contribution in [3.63, 3.8) is 0 Å². The molecular formula is C34H39N5O3. The standard InChI is InChI=1S/C34H39N5O3/c1-22-10-12-26(13-11-22)39-31(21-30(37-39)34(2,3)4)36-33(41)35-25-8-5-7-23(18-25)17-24-19-27-14-15-28(20-24)38(27)32(40)29-9-6-16-42-29/h5-13,16,18,21,24,27-28H,14-15,17,19-20H2,1-4H3,(H2,35,36,41). The van der Waals surface area contributed by atoms with Crippen LogP contribution in [0.4, 0.5) is 16.3 Å². The third-order valence-electron chi connectivity index (χ3n) is 8.50. The Balaban J connectivity index is 1.11. The number of nitrogens with one attached hydrogen (secondary N) is 2. The molecule has 2 atom stereocenters. The highest BCUT2D eigenvalue weighted by Crippen LogP contribution is 2.41.